The van der Waals surface area contributed by atoms with Gasteiger partial charge in [0, 0.05) is 5.57 Å². The lowest BCUT2D eigenvalue weighted by Gasteiger charge is -2.17. The first kappa shape index (κ1) is 7.89. The van der Waals surface area contributed by atoms with Gasteiger partial charge in [-0.2, -0.15) is 0 Å². The second-order valence-corrected chi connectivity index (χ2v) is 3.79. The molecule has 0 fully saturated rings. The highest BCUT2D eigenvalue weighted by molar-refractivity contribution is 8.03. The van der Waals surface area contributed by atoms with Gasteiger partial charge in [0.25, 0.3) is 0 Å². The van der Waals surface area contributed by atoms with Gasteiger partial charge in [-0.05, 0) is 11.0 Å². The number of nitrogens with two attached hydrogens (primary N) is 1. The molecule has 64 valence electrons. The summed E-state index contributed by atoms with van der Waals surface area (Å²) in [7, 11) is 0. The largest absolute Gasteiger partial charge is 0.376 e. The van der Waals surface area contributed by atoms with Crippen molar-refractivity contribution in [3.63, 3.8) is 0 Å². The molecule has 1 atom stereocenters. The van der Waals surface area contributed by atoms with Crippen LogP contribution >= 0.6 is 11.8 Å². The van der Waals surface area contributed by atoms with Crippen LogP contribution in [0.1, 0.15) is 0 Å². The van der Waals surface area contributed by atoms with E-state index in [0.717, 1.165) is 5.57 Å². The number of thioether (sulfide) groups is 1. The predicted molar refractivity (Wildman–Crippen MR) is 47.6 cm³/mol. The average molecular weight is 183 g/mol. The zero-order chi connectivity index (χ0) is 8.55. The molecule has 0 spiro atoms. The van der Waals surface area contributed by atoms with E-state index >= 15 is 0 Å². The number of carbonyl (C=O) groups is 1. The van der Waals surface area contributed by atoms with E-state index < -0.39 is 0 Å². The molecule has 2 aliphatic heterocycles. The van der Waals surface area contributed by atoms with E-state index in [-0.39, 0.29) is 5.91 Å². The van der Waals surface area contributed by atoms with E-state index in [1.54, 1.807) is 11.8 Å². The standard InChI is InChI=1S/C8H9NO2S/c9-8(10)6-4-12-7-3-11-2-1-5(6)7/h1,4,7H,2-3H2,(H2,9,10). The van der Waals surface area contributed by atoms with Crippen LogP contribution in [0.2, 0.25) is 0 Å². The molecule has 4 heteroatoms. The summed E-state index contributed by atoms with van der Waals surface area (Å²) in [5, 5.41) is 2.12. The van der Waals surface area contributed by atoms with Crippen molar-refractivity contribution in [3.05, 3.63) is 22.6 Å². The van der Waals surface area contributed by atoms with Gasteiger partial charge in [0.15, 0.2) is 0 Å². The number of carbonyl (C=O) groups excluding carboxylic acids is 1. The van der Waals surface area contributed by atoms with E-state index in [0.29, 0.717) is 24.0 Å². The molecule has 2 heterocycles. The molecule has 0 bridgehead atoms. The van der Waals surface area contributed by atoms with Crippen molar-refractivity contribution in [3.8, 4) is 0 Å². The molecule has 1 amide bonds. The first-order chi connectivity index (χ1) is 5.79. The third kappa shape index (κ3) is 1.17. The molecule has 0 aromatic rings. The molecular formula is C8H9NO2S. The fraction of sp³-hybridized carbons (Fsp3) is 0.375. The first-order valence-corrected chi connectivity index (χ1v) is 4.67. The summed E-state index contributed by atoms with van der Waals surface area (Å²) in [5.41, 5.74) is 6.92. The van der Waals surface area contributed by atoms with Gasteiger partial charge >= 0.3 is 0 Å². The smallest absolute Gasteiger partial charge is 0.249 e. The van der Waals surface area contributed by atoms with E-state index in [1.165, 1.54) is 0 Å². The fourth-order valence-corrected chi connectivity index (χ4v) is 2.46. The zero-order valence-electron chi connectivity index (χ0n) is 6.45. The third-order valence-corrected chi connectivity index (χ3v) is 3.05. The number of amides is 1. The lowest BCUT2D eigenvalue weighted by atomic mass is 10.0. The number of fused-ring (bicyclic) bond motifs is 1. The quantitative estimate of drug-likeness (QED) is 0.641. The molecule has 2 aliphatic rings. The minimum atomic E-state index is -0.335. The Morgan fingerprint density at radius 3 is 3.33 bits per heavy atom. The zero-order valence-corrected chi connectivity index (χ0v) is 7.26. The van der Waals surface area contributed by atoms with Gasteiger partial charge in [-0.1, -0.05) is 6.08 Å². The highest BCUT2D eigenvalue weighted by Gasteiger charge is 2.28. The molecule has 0 aliphatic carbocycles. The van der Waals surface area contributed by atoms with Crippen LogP contribution < -0.4 is 5.73 Å². The van der Waals surface area contributed by atoms with Gasteiger partial charge < -0.3 is 10.5 Å². The molecule has 3 nitrogen and oxygen atoms in total. The normalized spacial score (nSPS) is 27.5. The van der Waals surface area contributed by atoms with Gasteiger partial charge in [-0.25, -0.2) is 0 Å². The number of primary amides is 1. The summed E-state index contributed by atoms with van der Waals surface area (Å²) in [4.78, 5) is 10.9. The van der Waals surface area contributed by atoms with Crippen molar-refractivity contribution in [2.75, 3.05) is 13.2 Å². The topological polar surface area (TPSA) is 52.3 Å². The molecule has 0 radical (unpaired) electrons. The van der Waals surface area contributed by atoms with Gasteiger partial charge in [-0.15, -0.1) is 11.8 Å². The van der Waals surface area contributed by atoms with Crippen LogP contribution in [0.25, 0.3) is 0 Å². The number of rotatable bonds is 1. The fourth-order valence-electron chi connectivity index (χ4n) is 1.36. The van der Waals surface area contributed by atoms with Crippen molar-refractivity contribution >= 4 is 17.7 Å². The Labute approximate surface area is 74.6 Å². The van der Waals surface area contributed by atoms with Crippen LogP contribution in [0, 0.1) is 0 Å². The second kappa shape index (κ2) is 2.95. The van der Waals surface area contributed by atoms with Gasteiger partial charge in [0.1, 0.15) is 0 Å². The lowest BCUT2D eigenvalue weighted by Crippen LogP contribution is -2.22. The summed E-state index contributed by atoms with van der Waals surface area (Å²) in [6.45, 7) is 1.28. The Morgan fingerprint density at radius 2 is 2.58 bits per heavy atom. The third-order valence-electron chi connectivity index (χ3n) is 1.96. The Bertz CT molecular complexity index is 283. The molecule has 1 unspecified atom stereocenters. The maximum Gasteiger partial charge on any atom is 0.249 e. The molecule has 0 saturated carbocycles. The molecule has 0 aromatic heterocycles. The Balaban J connectivity index is 2.28. The number of ether oxygens (including phenoxy) is 1. The Morgan fingerprint density at radius 1 is 1.75 bits per heavy atom. The lowest BCUT2D eigenvalue weighted by molar-refractivity contribution is -0.114. The SMILES string of the molecule is NC(=O)C1=CSC2COCC=C12. The van der Waals surface area contributed by atoms with Crippen molar-refractivity contribution in [2.24, 2.45) is 5.73 Å². The van der Waals surface area contributed by atoms with E-state index in [4.69, 9.17) is 10.5 Å². The summed E-state index contributed by atoms with van der Waals surface area (Å²) >= 11 is 1.61. The second-order valence-electron chi connectivity index (χ2n) is 2.72. The molecule has 0 aromatic carbocycles. The van der Waals surface area contributed by atoms with Crippen molar-refractivity contribution in [1.29, 1.82) is 0 Å². The number of hydrogen-bond acceptors (Lipinski definition) is 3. The van der Waals surface area contributed by atoms with Gasteiger partial charge in [0.2, 0.25) is 5.91 Å². The maximum absolute atomic E-state index is 10.9. The Kier molecular flexibility index (Phi) is 1.94. The van der Waals surface area contributed by atoms with Gasteiger partial charge in [0.05, 0.1) is 18.5 Å². The van der Waals surface area contributed by atoms with Crippen LogP contribution in [0.3, 0.4) is 0 Å². The monoisotopic (exact) mass is 183 g/mol. The first-order valence-electron chi connectivity index (χ1n) is 3.72. The molecule has 0 saturated heterocycles. The highest BCUT2D eigenvalue weighted by Crippen LogP contribution is 2.36. The van der Waals surface area contributed by atoms with Crippen LogP contribution in [-0.4, -0.2) is 24.4 Å². The van der Waals surface area contributed by atoms with E-state index in [9.17, 15) is 4.79 Å². The minimum absolute atomic E-state index is 0.293. The van der Waals surface area contributed by atoms with Crippen LogP contribution in [0.5, 0.6) is 0 Å². The van der Waals surface area contributed by atoms with Crippen molar-refractivity contribution < 1.29 is 9.53 Å². The van der Waals surface area contributed by atoms with Crippen LogP contribution in [0.4, 0.5) is 0 Å². The van der Waals surface area contributed by atoms with E-state index in [2.05, 4.69) is 0 Å². The summed E-state index contributed by atoms with van der Waals surface area (Å²) in [5.74, 6) is -0.335. The Hall–Kier alpha value is -0.740. The predicted octanol–water partition coefficient (Wildman–Crippen LogP) is 0.428. The summed E-state index contributed by atoms with van der Waals surface area (Å²) < 4.78 is 5.23. The van der Waals surface area contributed by atoms with Crippen LogP contribution in [-0.2, 0) is 9.53 Å². The summed E-state index contributed by atoms with van der Waals surface area (Å²) in [6, 6.07) is 0. The molecular weight excluding hydrogens is 174 g/mol. The van der Waals surface area contributed by atoms with Crippen LogP contribution in [0.15, 0.2) is 22.6 Å². The molecule has 12 heavy (non-hydrogen) atoms. The van der Waals surface area contributed by atoms with Crippen molar-refractivity contribution in [2.45, 2.75) is 5.25 Å². The number of hydrogen-bond donors (Lipinski definition) is 1. The minimum Gasteiger partial charge on any atom is -0.376 e. The maximum atomic E-state index is 10.9. The highest BCUT2D eigenvalue weighted by atomic mass is 32.2. The van der Waals surface area contributed by atoms with E-state index in [1.807, 2.05) is 11.5 Å². The molecule has 2 rings (SSSR count). The average Bonchev–Trinajstić information content (AvgIpc) is 2.47. The molecule has 2 N–H and O–H groups in total. The summed E-state index contributed by atoms with van der Waals surface area (Å²) in [6.07, 6.45) is 1.94. The van der Waals surface area contributed by atoms with Crippen molar-refractivity contribution in [1.82, 2.24) is 0 Å². The van der Waals surface area contributed by atoms with Gasteiger partial charge in [-0.3, -0.25) is 4.79 Å².